The van der Waals surface area contributed by atoms with Crippen LogP contribution in [-0.4, -0.2) is 23.5 Å². The van der Waals surface area contributed by atoms with Crippen molar-refractivity contribution in [3.8, 4) is 0 Å². The third kappa shape index (κ3) is 1.84. The number of hydrogen-bond donors (Lipinski definition) is 2. The molecule has 6 atom stereocenters. The monoisotopic (exact) mass is 414 g/mol. The Morgan fingerprint density at radius 1 is 1.11 bits per heavy atom. The van der Waals surface area contributed by atoms with Gasteiger partial charge in [-0.15, -0.1) is 11.6 Å². The molecule has 0 bridgehead atoms. The Kier molecular flexibility index (Phi) is 3.86. The SMILES string of the molecule is NCC1CCC(NC(=S)C2C3CC4(CCl)CC5(c6ccccc6)CC2C345)CC1. The van der Waals surface area contributed by atoms with Crippen LogP contribution in [0, 0.1) is 34.5 Å². The fourth-order valence-electron chi connectivity index (χ4n) is 9.00. The Balaban J connectivity index is 1.19. The van der Waals surface area contributed by atoms with E-state index >= 15 is 0 Å². The lowest BCUT2D eigenvalue weighted by molar-refractivity contribution is -0.455. The van der Waals surface area contributed by atoms with E-state index in [2.05, 4.69) is 35.6 Å². The highest BCUT2D eigenvalue weighted by atomic mass is 35.5. The Labute approximate surface area is 179 Å². The van der Waals surface area contributed by atoms with Gasteiger partial charge in [-0.25, -0.2) is 0 Å². The van der Waals surface area contributed by atoms with Gasteiger partial charge in [0.05, 0.1) is 4.99 Å². The summed E-state index contributed by atoms with van der Waals surface area (Å²) in [7, 11) is 0. The van der Waals surface area contributed by atoms with Gasteiger partial charge >= 0.3 is 0 Å². The minimum absolute atomic E-state index is 0.405. The molecule has 1 spiro atoms. The molecule has 28 heavy (non-hydrogen) atoms. The van der Waals surface area contributed by atoms with Crippen molar-refractivity contribution < 1.29 is 0 Å². The van der Waals surface area contributed by atoms with E-state index in [1.165, 1.54) is 49.9 Å². The summed E-state index contributed by atoms with van der Waals surface area (Å²) >= 11 is 12.6. The van der Waals surface area contributed by atoms with Crippen LogP contribution < -0.4 is 11.1 Å². The van der Waals surface area contributed by atoms with E-state index in [-0.39, 0.29) is 0 Å². The number of benzene rings is 1. The van der Waals surface area contributed by atoms with Crippen molar-refractivity contribution in [2.45, 2.75) is 56.4 Å². The number of nitrogens with two attached hydrogens (primary N) is 1. The molecule has 1 aromatic carbocycles. The zero-order valence-electron chi connectivity index (χ0n) is 16.5. The molecular weight excluding hydrogens is 384 g/mol. The van der Waals surface area contributed by atoms with E-state index in [4.69, 9.17) is 29.6 Å². The average molecular weight is 415 g/mol. The Morgan fingerprint density at radius 2 is 1.82 bits per heavy atom. The molecule has 6 unspecified atom stereocenters. The molecule has 0 radical (unpaired) electrons. The molecule has 5 fully saturated rings. The van der Waals surface area contributed by atoms with Gasteiger partial charge < -0.3 is 11.1 Å². The molecule has 0 saturated heterocycles. The second-order valence-electron chi connectivity index (χ2n) is 10.5. The molecule has 4 heteroatoms. The zero-order valence-corrected chi connectivity index (χ0v) is 18.1. The van der Waals surface area contributed by atoms with E-state index in [9.17, 15) is 0 Å². The fraction of sp³-hybridized carbons (Fsp3) is 0.708. The lowest BCUT2D eigenvalue weighted by Crippen LogP contribution is -2.96. The Bertz CT molecular complexity index is 798. The van der Waals surface area contributed by atoms with Crippen LogP contribution in [0.2, 0.25) is 0 Å². The van der Waals surface area contributed by atoms with Gasteiger partial charge in [-0.2, -0.15) is 0 Å². The van der Waals surface area contributed by atoms with Crippen molar-refractivity contribution >= 4 is 28.8 Å². The lowest BCUT2D eigenvalue weighted by Gasteiger charge is -2.97. The van der Waals surface area contributed by atoms with E-state index in [1.807, 2.05) is 0 Å². The summed E-state index contributed by atoms with van der Waals surface area (Å²) in [5.74, 6) is 3.70. The summed E-state index contributed by atoms with van der Waals surface area (Å²) in [6.07, 6.45) is 8.89. The zero-order chi connectivity index (χ0) is 19.1. The number of nitrogens with one attached hydrogen (secondary N) is 1. The van der Waals surface area contributed by atoms with Crippen molar-refractivity contribution in [1.82, 2.24) is 5.32 Å². The third-order valence-corrected chi connectivity index (χ3v) is 10.8. The molecule has 6 rings (SSSR count). The van der Waals surface area contributed by atoms with Gasteiger partial charge in [0.15, 0.2) is 0 Å². The molecule has 2 nitrogen and oxygen atoms in total. The smallest absolute Gasteiger partial charge is 0.0792 e. The molecule has 5 aliphatic carbocycles. The van der Waals surface area contributed by atoms with E-state index in [1.54, 1.807) is 5.56 Å². The minimum atomic E-state index is 0.405. The van der Waals surface area contributed by atoms with E-state index in [0.717, 1.165) is 30.2 Å². The van der Waals surface area contributed by atoms with Crippen LogP contribution in [0.3, 0.4) is 0 Å². The predicted octanol–water partition coefficient (Wildman–Crippen LogP) is 4.64. The number of halogens is 1. The summed E-state index contributed by atoms with van der Waals surface area (Å²) in [6.45, 7) is 0.842. The van der Waals surface area contributed by atoms with Crippen molar-refractivity contribution in [2.24, 2.45) is 40.2 Å². The van der Waals surface area contributed by atoms with Crippen molar-refractivity contribution in [1.29, 1.82) is 0 Å². The van der Waals surface area contributed by atoms with Crippen LogP contribution >= 0.6 is 23.8 Å². The maximum atomic E-state index is 6.57. The quantitative estimate of drug-likeness (QED) is 0.544. The van der Waals surface area contributed by atoms with Crippen molar-refractivity contribution in [3.05, 3.63) is 35.9 Å². The van der Waals surface area contributed by atoms with Crippen LogP contribution in [0.1, 0.15) is 50.5 Å². The van der Waals surface area contributed by atoms with Gasteiger partial charge in [0, 0.05) is 23.3 Å². The lowest BCUT2D eigenvalue weighted by atomic mass is 9.06. The highest BCUT2D eigenvalue weighted by Crippen LogP contribution is 2.98. The predicted molar refractivity (Wildman–Crippen MR) is 119 cm³/mol. The number of thiocarbonyl (C=S) groups is 1. The van der Waals surface area contributed by atoms with Gasteiger partial charge in [-0.05, 0) is 85.6 Å². The number of alkyl halides is 1. The molecule has 5 saturated carbocycles. The molecule has 150 valence electrons. The van der Waals surface area contributed by atoms with E-state index < -0.39 is 0 Å². The maximum Gasteiger partial charge on any atom is 0.0792 e. The molecule has 1 aromatic rings. The summed E-state index contributed by atoms with van der Waals surface area (Å²) in [5, 5.41) is 3.80. The molecular formula is C24H31ClN2S. The van der Waals surface area contributed by atoms with Crippen molar-refractivity contribution in [3.63, 3.8) is 0 Å². The van der Waals surface area contributed by atoms with Crippen LogP contribution in [-0.2, 0) is 5.41 Å². The normalized spacial score (nSPS) is 50.0. The van der Waals surface area contributed by atoms with Crippen LogP contribution in [0.4, 0.5) is 0 Å². The molecule has 5 aliphatic rings. The fourth-order valence-corrected chi connectivity index (χ4v) is 9.92. The summed E-state index contributed by atoms with van der Waals surface area (Å²) in [4.78, 5) is 1.17. The number of hydrogen-bond acceptors (Lipinski definition) is 2. The van der Waals surface area contributed by atoms with Gasteiger partial charge in [0.1, 0.15) is 0 Å². The topological polar surface area (TPSA) is 38.0 Å². The van der Waals surface area contributed by atoms with Crippen LogP contribution in [0.15, 0.2) is 30.3 Å². The molecule has 0 aromatic heterocycles. The second kappa shape index (κ2) is 5.95. The van der Waals surface area contributed by atoms with Gasteiger partial charge in [0.2, 0.25) is 0 Å². The summed E-state index contributed by atoms with van der Waals surface area (Å²) < 4.78 is 0. The maximum absolute atomic E-state index is 6.57. The van der Waals surface area contributed by atoms with Gasteiger partial charge in [-0.3, -0.25) is 0 Å². The third-order valence-electron chi connectivity index (χ3n) is 9.94. The average Bonchev–Trinajstić information content (AvgIpc) is 2.68. The second-order valence-corrected chi connectivity index (χ2v) is 11.2. The van der Waals surface area contributed by atoms with Gasteiger partial charge in [-0.1, -0.05) is 42.5 Å². The van der Waals surface area contributed by atoms with Crippen LogP contribution in [0.25, 0.3) is 0 Å². The standard InChI is InChI=1S/C24H31ClN2S/c25-14-22-10-18-20(21(28)27-17-8-6-15(12-26)7-9-17)19-11-23(13-22,24(18,19)22)16-4-2-1-3-5-16/h1-5,15,17-20H,6-14,26H2,(H,27,28). The first-order valence-electron chi connectivity index (χ1n) is 11.2. The Morgan fingerprint density at radius 3 is 2.46 bits per heavy atom. The van der Waals surface area contributed by atoms with Crippen molar-refractivity contribution in [2.75, 3.05) is 12.4 Å². The number of rotatable bonds is 5. The molecule has 0 aliphatic heterocycles. The van der Waals surface area contributed by atoms with Crippen LogP contribution in [0.5, 0.6) is 0 Å². The molecule has 0 amide bonds. The van der Waals surface area contributed by atoms with Gasteiger partial charge in [0.25, 0.3) is 0 Å². The first-order valence-corrected chi connectivity index (χ1v) is 12.2. The first kappa shape index (κ1) is 18.2. The summed E-state index contributed by atoms with van der Waals surface area (Å²) in [6, 6.07) is 11.9. The highest BCUT2D eigenvalue weighted by molar-refractivity contribution is 7.80. The highest BCUT2D eigenvalue weighted by Gasteiger charge is 2.96. The largest absolute Gasteiger partial charge is 0.377 e. The first-order chi connectivity index (χ1) is 13.6. The summed E-state index contributed by atoms with van der Waals surface area (Å²) in [5.41, 5.74) is 8.70. The Hall–Kier alpha value is -0.640. The molecule has 3 N–H and O–H groups in total. The molecule has 0 heterocycles. The van der Waals surface area contributed by atoms with E-state index in [0.29, 0.717) is 28.2 Å². The minimum Gasteiger partial charge on any atom is -0.377 e.